The van der Waals surface area contributed by atoms with Gasteiger partial charge in [-0.05, 0) is 135 Å². The zero-order chi connectivity index (χ0) is 58.5. The third-order valence-corrected chi connectivity index (χ3v) is 14.1. The van der Waals surface area contributed by atoms with E-state index in [2.05, 4.69) is 154 Å². The maximum absolute atomic E-state index is 13.0. The molecule has 0 aliphatic carbocycles. The topological polar surface area (TPSA) is 78.9 Å². The van der Waals surface area contributed by atoms with E-state index >= 15 is 0 Å². The Morgan fingerprint density at radius 1 is 0.259 bits per heavy atom. The first-order valence-corrected chi connectivity index (χ1v) is 33.7. The standard InChI is InChI=1S/C75H124O6/c1-4-7-10-13-16-19-22-25-28-31-34-36-37-39-41-44-47-50-53-56-59-62-65-68-74(77)80-71-72(70-79-73(76)67-64-61-58-55-52-49-46-43-40-33-30-27-24-21-18-15-12-9-6-3)81-75(78)69-66-63-60-57-54-51-48-45-42-38-35-32-29-26-23-20-17-14-11-8-5-2/h7,9-10,12,16,18-19,21,25,27-28,30,32,34-36,39-41,43,49,52,72H,4-6,8,11,13-15,17,20,22-24,26,29,31,33,37-38,42,44-48,50-51,53-71H2,1-3H3/b10-7-,12-9-,19-16-,21-18-,28-25-,30-27-,35-32-,36-34-,41-39-,43-40-,52-49-. The fraction of sp³-hybridized carbons (Fsp3) is 0.667. The van der Waals surface area contributed by atoms with Gasteiger partial charge in [0, 0.05) is 19.3 Å². The van der Waals surface area contributed by atoms with Gasteiger partial charge in [-0.25, -0.2) is 0 Å². The highest BCUT2D eigenvalue weighted by Crippen LogP contribution is 2.16. The molecule has 460 valence electrons. The van der Waals surface area contributed by atoms with E-state index in [-0.39, 0.29) is 31.1 Å². The van der Waals surface area contributed by atoms with Crippen LogP contribution >= 0.6 is 0 Å². The van der Waals surface area contributed by atoms with Crippen LogP contribution in [0.1, 0.15) is 303 Å². The maximum atomic E-state index is 13.0. The summed E-state index contributed by atoms with van der Waals surface area (Å²) in [4.78, 5) is 38.4. The Labute approximate surface area is 500 Å². The van der Waals surface area contributed by atoms with Gasteiger partial charge in [-0.15, -0.1) is 0 Å². The number of hydrogen-bond acceptors (Lipinski definition) is 6. The summed E-state index contributed by atoms with van der Waals surface area (Å²) >= 11 is 0. The van der Waals surface area contributed by atoms with Crippen molar-refractivity contribution in [1.29, 1.82) is 0 Å². The minimum absolute atomic E-state index is 0.0986. The quantitative estimate of drug-likeness (QED) is 0.0261. The highest BCUT2D eigenvalue weighted by Gasteiger charge is 2.19. The summed E-state index contributed by atoms with van der Waals surface area (Å²) in [5.74, 6) is -0.937. The van der Waals surface area contributed by atoms with E-state index in [0.717, 1.165) is 135 Å². The van der Waals surface area contributed by atoms with Gasteiger partial charge in [0.2, 0.25) is 0 Å². The molecule has 1 atom stereocenters. The van der Waals surface area contributed by atoms with Crippen molar-refractivity contribution < 1.29 is 28.6 Å². The molecule has 0 fully saturated rings. The van der Waals surface area contributed by atoms with E-state index in [1.807, 2.05) is 0 Å². The molecule has 6 nitrogen and oxygen atoms in total. The third kappa shape index (κ3) is 66.2. The molecule has 0 rings (SSSR count). The summed E-state index contributed by atoms with van der Waals surface area (Å²) < 4.78 is 16.9. The maximum Gasteiger partial charge on any atom is 0.306 e. The van der Waals surface area contributed by atoms with Gasteiger partial charge >= 0.3 is 17.9 Å². The molecule has 0 heterocycles. The third-order valence-electron chi connectivity index (χ3n) is 14.1. The summed E-state index contributed by atoms with van der Waals surface area (Å²) in [7, 11) is 0. The molecule has 0 bridgehead atoms. The molecule has 6 heteroatoms. The monoisotopic (exact) mass is 1120 g/mol. The normalized spacial score (nSPS) is 13.0. The van der Waals surface area contributed by atoms with E-state index in [1.165, 1.54) is 128 Å². The second-order valence-corrected chi connectivity index (χ2v) is 22.0. The number of hydrogen-bond donors (Lipinski definition) is 0. The largest absolute Gasteiger partial charge is 0.462 e. The molecule has 0 saturated carbocycles. The molecule has 0 amide bonds. The first-order chi connectivity index (χ1) is 40.0. The van der Waals surface area contributed by atoms with Crippen LogP contribution in [0.25, 0.3) is 0 Å². The van der Waals surface area contributed by atoms with E-state index in [1.54, 1.807) is 0 Å². The van der Waals surface area contributed by atoms with Gasteiger partial charge in [-0.2, -0.15) is 0 Å². The predicted molar refractivity (Wildman–Crippen MR) is 353 cm³/mol. The highest BCUT2D eigenvalue weighted by molar-refractivity contribution is 5.71. The van der Waals surface area contributed by atoms with Crippen molar-refractivity contribution >= 4 is 17.9 Å². The molecule has 0 aromatic carbocycles. The molecular weight excluding hydrogens is 997 g/mol. The number of ether oxygens (including phenoxy) is 3. The Morgan fingerprint density at radius 3 is 0.778 bits per heavy atom. The lowest BCUT2D eigenvalue weighted by molar-refractivity contribution is -0.167. The van der Waals surface area contributed by atoms with E-state index < -0.39 is 6.10 Å². The van der Waals surface area contributed by atoms with Crippen molar-refractivity contribution in [2.75, 3.05) is 13.2 Å². The Morgan fingerprint density at radius 2 is 0.481 bits per heavy atom. The molecule has 0 aliphatic heterocycles. The van der Waals surface area contributed by atoms with Crippen molar-refractivity contribution in [1.82, 2.24) is 0 Å². The molecule has 0 aliphatic rings. The van der Waals surface area contributed by atoms with Crippen LogP contribution in [0.15, 0.2) is 134 Å². The van der Waals surface area contributed by atoms with Crippen molar-refractivity contribution in [2.24, 2.45) is 0 Å². The Hall–Kier alpha value is -4.45. The van der Waals surface area contributed by atoms with Crippen LogP contribution in [-0.4, -0.2) is 37.2 Å². The van der Waals surface area contributed by atoms with Gasteiger partial charge < -0.3 is 14.2 Å². The molecular formula is C75H124O6. The lowest BCUT2D eigenvalue weighted by atomic mass is 10.1. The van der Waals surface area contributed by atoms with Gasteiger partial charge in [0.25, 0.3) is 0 Å². The van der Waals surface area contributed by atoms with Crippen LogP contribution in [0, 0.1) is 0 Å². The van der Waals surface area contributed by atoms with Crippen LogP contribution in [0.5, 0.6) is 0 Å². The van der Waals surface area contributed by atoms with Gasteiger partial charge in [0.1, 0.15) is 13.2 Å². The van der Waals surface area contributed by atoms with Crippen molar-refractivity contribution in [3.05, 3.63) is 134 Å². The van der Waals surface area contributed by atoms with Crippen LogP contribution in [-0.2, 0) is 28.6 Å². The predicted octanol–water partition coefficient (Wildman–Crippen LogP) is 23.3. The van der Waals surface area contributed by atoms with Crippen LogP contribution < -0.4 is 0 Å². The van der Waals surface area contributed by atoms with E-state index in [4.69, 9.17) is 14.2 Å². The molecule has 0 saturated heterocycles. The second kappa shape index (κ2) is 68.1. The molecule has 0 aromatic heterocycles. The second-order valence-electron chi connectivity index (χ2n) is 22.0. The number of esters is 3. The van der Waals surface area contributed by atoms with Crippen LogP contribution in [0.3, 0.4) is 0 Å². The average Bonchev–Trinajstić information content (AvgIpc) is 3.47. The van der Waals surface area contributed by atoms with E-state index in [9.17, 15) is 14.4 Å². The van der Waals surface area contributed by atoms with Gasteiger partial charge in [-0.3, -0.25) is 14.4 Å². The Balaban J connectivity index is 4.47. The van der Waals surface area contributed by atoms with Crippen molar-refractivity contribution in [2.45, 2.75) is 309 Å². The minimum Gasteiger partial charge on any atom is -0.462 e. The van der Waals surface area contributed by atoms with Gasteiger partial charge in [-0.1, -0.05) is 283 Å². The lowest BCUT2D eigenvalue weighted by Gasteiger charge is -2.18. The molecule has 0 radical (unpaired) electrons. The molecule has 0 aromatic rings. The molecule has 81 heavy (non-hydrogen) atoms. The van der Waals surface area contributed by atoms with E-state index in [0.29, 0.717) is 19.3 Å². The average molecular weight is 1120 g/mol. The summed E-state index contributed by atoms with van der Waals surface area (Å²) in [5.41, 5.74) is 0. The fourth-order valence-corrected chi connectivity index (χ4v) is 9.14. The first-order valence-electron chi connectivity index (χ1n) is 33.7. The van der Waals surface area contributed by atoms with Crippen LogP contribution in [0.2, 0.25) is 0 Å². The Bertz CT molecular complexity index is 1720. The number of rotatable bonds is 60. The fourth-order valence-electron chi connectivity index (χ4n) is 9.14. The first kappa shape index (κ1) is 76.5. The molecule has 1 unspecified atom stereocenters. The van der Waals surface area contributed by atoms with Crippen LogP contribution in [0.4, 0.5) is 0 Å². The Kier molecular flexibility index (Phi) is 64.3. The summed E-state index contributed by atoms with van der Waals surface area (Å²) in [5, 5.41) is 0. The summed E-state index contributed by atoms with van der Waals surface area (Å²) in [6.45, 7) is 6.40. The number of carbonyl (C=O) groups is 3. The van der Waals surface area contributed by atoms with Crippen molar-refractivity contribution in [3.63, 3.8) is 0 Å². The number of allylic oxidation sites excluding steroid dienone is 22. The zero-order valence-electron chi connectivity index (χ0n) is 52.8. The lowest BCUT2D eigenvalue weighted by Crippen LogP contribution is -2.30. The smallest absolute Gasteiger partial charge is 0.306 e. The summed E-state index contributed by atoms with van der Waals surface area (Å²) in [6.07, 6.45) is 96.0. The van der Waals surface area contributed by atoms with Gasteiger partial charge in [0.05, 0.1) is 0 Å². The molecule has 0 spiro atoms. The number of carbonyl (C=O) groups excluding carboxylic acids is 3. The van der Waals surface area contributed by atoms with Gasteiger partial charge in [0.15, 0.2) is 6.10 Å². The summed E-state index contributed by atoms with van der Waals surface area (Å²) in [6, 6.07) is 0. The number of unbranched alkanes of at least 4 members (excludes halogenated alkanes) is 27. The SMILES string of the molecule is CC/C=C\C/C=C\C/C=C\C/C=C\C/C=C\CCCCCCCCCC(=O)OCC(COC(=O)CCCCC/C=C\C/C=C\C/C=C\C/C=C\C/C=C\CC)OC(=O)CCCCCCCCCCC/C=C\CCCCCCCCCC. The zero-order valence-corrected chi connectivity index (χ0v) is 52.8. The minimum atomic E-state index is -0.805. The highest BCUT2D eigenvalue weighted by atomic mass is 16.6. The van der Waals surface area contributed by atoms with Crippen molar-refractivity contribution in [3.8, 4) is 0 Å². The molecule has 0 N–H and O–H groups in total.